The molecule has 0 saturated heterocycles. The number of nitrogens with one attached hydrogen (secondary N) is 2. The van der Waals surface area contributed by atoms with E-state index in [4.69, 9.17) is 0 Å². The second-order valence-corrected chi connectivity index (χ2v) is 5.83. The number of hydrogen-bond acceptors (Lipinski definition) is 5. The third-order valence-corrected chi connectivity index (χ3v) is 4.07. The fourth-order valence-corrected chi connectivity index (χ4v) is 2.84. The Labute approximate surface area is 165 Å². The van der Waals surface area contributed by atoms with Crippen molar-refractivity contribution in [3.63, 3.8) is 0 Å². The summed E-state index contributed by atoms with van der Waals surface area (Å²) < 4.78 is 0. The number of nitrogens with zero attached hydrogens (tertiary/aromatic N) is 2. The van der Waals surface area contributed by atoms with E-state index in [1.54, 1.807) is 18.0 Å². The molecule has 0 fully saturated rings. The SMILES string of the molecule is Cl.Cl.Cl.c1ccc(NCCc2ccc(NC3=NCCS3)cc2)nc1. The standard InChI is InChI=1S/C16H18N4S.3ClH/c1-2-9-17-15(3-1)18-10-8-13-4-6-14(7-5-13)20-16-19-11-12-21-16;;;/h1-7,9H,8,10-12H2,(H,17,18)(H,19,20);3*1H. The van der Waals surface area contributed by atoms with Gasteiger partial charge in [-0.15, -0.1) is 37.2 Å². The van der Waals surface area contributed by atoms with E-state index in [0.717, 1.165) is 41.9 Å². The molecule has 1 aliphatic rings. The molecule has 3 rings (SSSR count). The van der Waals surface area contributed by atoms with Gasteiger partial charge in [0.05, 0.1) is 6.54 Å². The van der Waals surface area contributed by atoms with Gasteiger partial charge in [0.25, 0.3) is 0 Å². The summed E-state index contributed by atoms with van der Waals surface area (Å²) in [6.07, 6.45) is 2.78. The van der Waals surface area contributed by atoms with Crippen LogP contribution in [0.3, 0.4) is 0 Å². The van der Waals surface area contributed by atoms with Gasteiger partial charge < -0.3 is 10.6 Å². The summed E-state index contributed by atoms with van der Waals surface area (Å²) in [7, 11) is 0. The summed E-state index contributed by atoms with van der Waals surface area (Å²) >= 11 is 1.77. The molecule has 1 aliphatic heterocycles. The highest BCUT2D eigenvalue weighted by Crippen LogP contribution is 2.16. The van der Waals surface area contributed by atoms with Crippen molar-refractivity contribution < 1.29 is 0 Å². The molecular weight excluding hydrogens is 387 g/mol. The normalized spacial score (nSPS) is 12.1. The van der Waals surface area contributed by atoms with Crippen molar-refractivity contribution in [3.8, 4) is 0 Å². The predicted octanol–water partition coefficient (Wildman–Crippen LogP) is 4.52. The van der Waals surface area contributed by atoms with Gasteiger partial charge in [-0.05, 0) is 36.2 Å². The Morgan fingerprint density at radius 2 is 1.79 bits per heavy atom. The first-order valence-corrected chi connectivity index (χ1v) is 8.07. The molecule has 2 aromatic rings. The molecule has 0 unspecified atom stereocenters. The van der Waals surface area contributed by atoms with Crippen LogP contribution in [-0.4, -0.2) is 29.0 Å². The Morgan fingerprint density at radius 1 is 1.00 bits per heavy atom. The maximum atomic E-state index is 4.39. The molecule has 0 saturated carbocycles. The monoisotopic (exact) mass is 406 g/mol. The van der Waals surface area contributed by atoms with Crippen LogP contribution < -0.4 is 10.6 Å². The van der Waals surface area contributed by atoms with Crippen LogP contribution in [0.5, 0.6) is 0 Å². The van der Waals surface area contributed by atoms with Gasteiger partial charge in [-0.3, -0.25) is 4.99 Å². The summed E-state index contributed by atoms with van der Waals surface area (Å²) in [5.41, 5.74) is 2.41. The number of benzene rings is 1. The van der Waals surface area contributed by atoms with Crippen LogP contribution >= 0.6 is 49.0 Å². The lowest BCUT2D eigenvalue weighted by molar-refractivity contribution is 1.01. The first kappa shape index (κ1) is 22.9. The lowest BCUT2D eigenvalue weighted by Crippen LogP contribution is -2.07. The summed E-state index contributed by atoms with van der Waals surface area (Å²) in [5.74, 6) is 2.01. The van der Waals surface area contributed by atoms with E-state index in [-0.39, 0.29) is 37.2 Å². The van der Waals surface area contributed by atoms with E-state index in [9.17, 15) is 0 Å². The Kier molecular flexibility index (Phi) is 11.7. The van der Waals surface area contributed by atoms with Gasteiger partial charge in [-0.1, -0.05) is 30.0 Å². The van der Waals surface area contributed by atoms with Crippen LogP contribution in [0.4, 0.5) is 11.5 Å². The number of thioether (sulfide) groups is 1. The molecule has 2 heterocycles. The highest BCUT2D eigenvalue weighted by Gasteiger charge is 2.06. The lowest BCUT2D eigenvalue weighted by Gasteiger charge is -2.08. The molecule has 0 bridgehead atoms. The van der Waals surface area contributed by atoms with Crippen LogP contribution in [0.2, 0.25) is 0 Å². The molecule has 0 radical (unpaired) electrons. The third-order valence-electron chi connectivity index (χ3n) is 3.18. The largest absolute Gasteiger partial charge is 0.370 e. The number of hydrogen-bond donors (Lipinski definition) is 2. The molecule has 0 amide bonds. The number of aromatic nitrogens is 1. The van der Waals surface area contributed by atoms with Crippen molar-refractivity contribution >= 4 is 65.7 Å². The maximum Gasteiger partial charge on any atom is 0.161 e. The van der Waals surface area contributed by atoms with Crippen molar-refractivity contribution in [2.24, 2.45) is 4.99 Å². The van der Waals surface area contributed by atoms with Crippen LogP contribution in [-0.2, 0) is 6.42 Å². The van der Waals surface area contributed by atoms with Gasteiger partial charge in [0.2, 0.25) is 0 Å². The van der Waals surface area contributed by atoms with E-state index in [0.29, 0.717) is 0 Å². The molecule has 24 heavy (non-hydrogen) atoms. The molecule has 2 N–H and O–H groups in total. The fraction of sp³-hybridized carbons (Fsp3) is 0.250. The molecule has 132 valence electrons. The smallest absolute Gasteiger partial charge is 0.161 e. The van der Waals surface area contributed by atoms with Crippen molar-refractivity contribution in [1.82, 2.24) is 4.98 Å². The van der Waals surface area contributed by atoms with Crippen LogP contribution in [0.15, 0.2) is 53.7 Å². The Hall–Kier alpha value is -1.14. The number of aliphatic imine (C=N–C) groups is 1. The molecule has 1 aromatic heterocycles. The van der Waals surface area contributed by atoms with E-state index in [1.807, 2.05) is 18.2 Å². The third kappa shape index (κ3) is 7.18. The predicted molar refractivity (Wildman–Crippen MR) is 113 cm³/mol. The Bertz CT molecular complexity index is 608. The van der Waals surface area contributed by atoms with Gasteiger partial charge in [-0.25, -0.2) is 4.98 Å². The number of pyridine rings is 1. The zero-order valence-electron chi connectivity index (χ0n) is 13.0. The van der Waals surface area contributed by atoms with E-state index in [1.165, 1.54) is 5.56 Å². The average Bonchev–Trinajstić information content (AvgIpc) is 3.03. The number of rotatable bonds is 5. The second-order valence-electron chi connectivity index (χ2n) is 4.75. The molecular formula is C16H21Cl3N4S. The molecule has 0 aliphatic carbocycles. The topological polar surface area (TPSA) is 49.3 Å². The molecule has 4 nitrogen and oxygen atoms in total. The average molecular weight is 408 g/mol. The number of anilines is 2. The van der Waals surface area contributed by atoms with E-state index < -0.39 is 0 Å². The van der Waals surface area contributed by atoms with Crippen LogP contribution in [0, 0.1) is 0 Å². The van der Waals surface area contributed by atoms with Crippen molar-refractivity contribution in [2.75, 3.05) is 29.5 Å². The van der Waals surface area contributed by atoms with Crippen molar-refractivity contribution in [3.05, 3.63) is 54.2 Å². The summed E-state index contributed by atoms with van der Waals surface area (Å²) in [6.45, 7) is 1.80. The Balaban J connectivity index is 0.00000176. The van der Waals surface area contributed by atoms with Gasteiger partial charge >= 0.3 is 0 Å². The van der Waals surface area contributed by atoms with Crippen molar-refractivity contribution in [1.29, 1.82) is 0 Å². The van der Waals surface area contributed by atoms with E-state index in [2.05, 4.69) is 44.9 Å². The lowest BCUT2D eigenvalue weighted by atomic mass is 10.1. The molecule has 0 spiro atoms. The second kappa shape index (κ2) is 12.3. The highest BCUT2D eigenvalue weighted by molar-refractivity contribution is 8.14. The molecule has 8 heteroatoms. The first-order valence-electron chi connectivity index (χ1n) is 7.08. The maximum absolute atomic E-state index is 4.39. The number of halogens is 3. The van der Waals surface area contributed by atoms with Gasteiger partial charge in [-0.2, -0.15) is 0 Å². The van der Waals surface area contributed by atoms with Crippen LogP contribution in [0.25, 0.3) is 0 Å². The molecule has 1 aromatic carbocycles. The van der Waals surface area contributed by atoms with Crippen molar-refractivity contribution in [2.45, 2.75) is 6.42 Å². The minimum absolute atomic E-state index is 0. The minimum Gasteiger partial charge on any atom is -0.370 e. The highest BCUT2D eigenvalue weighted by atomic mass is 35.5. The summed E-state index contributed by atoms with van der Waals surface area (Å²) in [4.78, 5) is 8.63. The summed E-state index contributed by atoms with van der Waals surface area (Å²) in [6, 6.07) is 14.4. The van der Waals surface area contributed by atoms with Gasteiger partial charge in [0.15, 0.2) is 5.17 Å². The first-order chi connectivity index (χ1) is 10.4. The zero-order chi connectivity index (χ0) is 14.3. The van der Waals surface area contributed by atoms with E-state index >= 15 is 0 Å². The quantitative estimate of drug-likeness (QED) is 0.765. The minimum atomic E-state index is 0. The fourth-order valence-electron chi connectivity index (χ4n) is 2.09. The molecule has 0 atom stereocenters. The van der Waals surface area contributed by atoms with Gasteiger partial charge in [0.1, 0.15) is 5.82 Å². The Morgan fingerprint density at radius 3 is 2.42 bits per heavy atom. The van der Waals surface area contributed by atoms with Gasteiger partial charge in [0, 0.05) is 24.2 Å². The zero-order valence-corrected chi connectivity index (χ0v) is 16.2. The summed E-state index contributed by atoms with van der Waals surface area (Å²) in [5, 5.41) is 7.68. The number of amidine groups is 1. The van der Waals surface area contributed by atoms with Crippen LogP contribution in [0.1, 0.15) is 5.56 Å².